The average Bonchev–Trinajstić information content (AvgIpc) is 3.20. The van der Waals surface area contributed by atoms with Crippen molar-refractivity contribution in [2.75, 3.05) is 0 Å². The minimum absolute atomic E-state index is 0.453. The van der Waals surface area contributed by atoms with Crippen LogP contribution in [0.15, 0.2) is 40.8 Å². The van der Waals surface area contributed by atoms with Gasteiger partial charge in [-0.3, -0.25) is 0 Å². The van der Waals surface area contributed by atoms with Crippen LogP contribution in [-0.2, 0) is 12.8 Å². The number of hydrogen-bond donors (Lipinski definition) is 1. The van der Waals surface area contributed by atoms with Crippen LogP contribution in [0.4, 0.5) is 4.39 Å². The molecular weight excluding hydrogens is 317 g/mol. The van der Waals surface area contributed by atoms with Crippen molar-refractivity contribution < 1.29 is 13.5 Å². The first-order valence-corrected chi connectivity index (χ1v) is 8.65. The predicted molar refractivity (Wildman–Crippen MR) is 99.9 cm³/mol. The third-order valence-corrected chi connectivity index (χ3v) is 4.30. The first kappa shape index (κ1) is 16.1. The summed E-state index contributed by atoms with van der Waals surface area (Å²) in [6.07, 6.45) is 4.44. The van der Waals surface area contributed by atoms with Crippen molar-refractivity contribution in [3.63, 3.8) is 0 Å². The van der Waals surface area contributed by atoms with Crippen molar-refractivity contribution in [1.82, 2.24) is 9.97 Å². The molecule has 0 bridgehead atoms. The molecule has 4 rings (SSSR count). The van der Waals surface area contributed by atoms with Gasteiger partial charge in [-0.25, -0.2) is 9.37 Å². The molecule has 0 amide bonds. The Morgan fingerprint density at radius 1 is 1.08 bits per heavy atom. The van der Waals surface area contributed by atoms with Gasteiger partial charge in [-0.2, -0.15) is 0 Å². The molecule has 7 heteroatoms. The lowest BCUT2D eigenvalue weighted by Crippen LogP contribution is -2.31. The molecule has 0 radical (unpaired) electrons. The zero-order chi connectivity index (χ0) is 17.4. The van der Waals surface area contributed by atoms with Crippen molar-refractivity contribution in [3.8, 4) is 28.7 Å². The molecule has 2 aromatic heterocycles. The summed E-state index contributed by atoms with van der Waals surface area (Å²) < 4.78 is 25.3. The lowest BCUT2D eigenvalue weighted by Gasteiger charge is -2.19. The second kappa shape index (κ2) is 6.13. The van der Waals surface area contributed by atoms with Crippen LogP contribution in [-0.4, -0.2) is 31.3 Å². The number of para-hydroxylation sites is 1. The van der Waals surface area contributed by atoms with Crippen LogP contribution in [0.1, 0.15) is 24.2 Å². The molecule has 1 aliphatic rings. The summed E-state index contributed by atoms with van der Waals surface area (Å²) in [6.45, 7) is 0. The fourth-order valence-electron chi connectivity index (χ4n) is 3.20. The van der Waals surface area contributed by atoms with Gasteiger partial charge in [0, 0.05) is 5.69 Å². The number of fused-ring (bicyclic) bond motifs is 1. The highest BCUT2D eigenvalue weighted by atomic mass is 19.2. The maximum absolute atomic E-state index is 13.9. The van der Waals surface area contributed by atoms with Gasteiger partial charge >= 0.3 is 0 Å². The van der Waals surface area contributed by atoms with Crippen molar-refractivity contribution in [2.45, 2.75) is 31.3 Å². The van der Waals surface area contributed by atoms with E-state index < -0.39 is 5.65 Å². The van der Waals surface area contributed by atoms with Crippen molar-refractivity contribution in [2.24, 2.45) is 0 Å². The van der Waals surface area contributed by atoms with Gasteiger partial charge in [-0.15, -0.1) is 0 Å². The minimum Gasteiger partial charge on any atom is -0.474 e. The summed E-state index contributed by atoms with van der Waals surface area (Å²) in [5.41, 5.74) is 1.31. The Balaban J connectivity index is 1.67. The van der Waals surface area contributed by atoms with Crippen LogP contribution < -0.4 is 4.74 Å². The first-order chi connectivity index (χ1) is 12.0. The summed E-state index contributed by atoms with van der Waals surface area (Å²) in [5.74, 6) is 2.51. The number of nitrogens with zero attached hydrogens (tertiary/aromatic N) is 1. The van der Waals surface area contributed by atoms with Gasteiger partial charge in [-0.1, -0.05) is 12.1 Å². The van der Waals surface area contributed by atoms with Gasteiger partial charge in [0.2, 0.25) is 0 Å². The molecule has 0 spiro atoms. The van der Waals surface area contributed by atoms with Crippen LogP contribution in [0.25, 0.3) is 22.9 Å². The predicted octanol–water partition coefficient (Wildman–Crippen LogP) is 2.44. The van der Waals surface area contributed by atoms with E-state index in [0.29, 0.717) is 17.3 Å². The lowest BCUT2D eigenvalue weighted by molar-refractivity contribution is 0.102. The van der Waals surface area contributed by atoms with Crippen LogP contribution in [0, 0.1) is 0 Å². The minimum atomic E-state index is -1.76. The molecule has 0 saturated carbocycles. The Morgan fingerprint density at radius 3 is 2.64 bits per heavy atom. The summed E-state index contributed by atoms with van der Waals surface area (Å²) in [5, 5.41) is 0. The number of aryl methyl sites for hydroxylation is 2. The number of aromatic nitrogens is 2. The number of H-pyrrole nitrogens is 1. The molecule has 1 N–H and O–H groups in total. The van der Waals surface area contributed by atoms with E-state index in [1.54, 1.807) is 6.07 Å². The molecule has 3 aromatic rings. The van der Waals surface area contributed by atoms with Crippen LogP contribution >= 0.6 is 0 Å². The molecule has 25 heavy (non-hydrogen) atoms. The maximum atomic E-state index is 13.9. The van der Waals surface area contributed by atoms with E-state index in [1.165, 1.54) is 34.2 Å². The normalized spacial score (nSPS) is 14.3. The zero-order valence-electron chi connectivity index (χ0n) is 14.4. The summed E-state index contributed by atoms with van der Waals surface area (Å²) >= 11 is 0. The number of benzene rings is 1. The summed E-state index contributed by atoms with van der Waals surface area (Å²) in [4.78, 5) is 8.04. The van der Waals surface area contributed by atoms with E-state index in [1.807, 2.05) is 30.3 Å². The molecule has 0 unspecified atom stereocenters. The highest BCUT2D eigenvalue weighted by molar-refractivity contribution is 6.37. The van der Waals surface area contributed by atoms with Gasteiger partial charge < -0.3 is 14.1 Å². The SMILES string of the molecule is BC(B)(F)Oc1ccccc1-c1ccc(-c2nc3c([nH]2)CCCC3)o1. The van der Waals surface area contributed by atoms with Gasteiger partial charge in [0.15, 0.2) is 32.9 Å². The number of nitrogens with one attached hydrogen (secondary N) is 1. The Kier molecular flexibility index (Phi) is 3.94. The molecule has 0 atom stereocenters. The first-order valence-electron chi connectivity index (χ1n) is 8.65. The van der Waals surface area contributed by atoms with Gasteiger partial charge in [0.25, 0.3) is 0 Å². The standard InChI is InChI=1S/C18H19B2FN2O2/c19-18(20,21)25-15-8-4-1-5-11(15)14-9-10-16(24-14)17-22-12-6-2-3-7-13(12)23-17/h1,4-5,8-10H,2-3,6-7,19-20H2,(H,22,23). The van der Waals surface area contributed by atoms with E-state index in [2.05, 4.69) is 9.97 Å². The molecule has 0 aliphatic heterocycles. The zero-order valence-corrected chi connectivity index (χ0v) is 14.4. The number of halogens is 1. The molecule has 1 aromatic carbocycles. The monoisotopic (exact) mass is 336 g/mol. The number of rotatable bonds is 4. The molecular formula is C18H19B2FN2O2. The number of alkyl halides is 1. The second-order valence-corrected chi connectivity index (χ2v) is 6.84. The molecule has 0 fully saturated rings. The second-order valence-electron chi connectivity index (χ2n) is 6.84. The fraction of sp³-hybridized carbons (Fsp3) is 0.278. The van der Waals surface area contributed by atoms with Crippen LogP contribution in [0.5, 0.6) is 5.75 Å². The number of ether oxygens (including phenoxy) is 1. The van der Waals surface area contributed by atoms with E-state index in [9.17, 15) is 4.39 Å². The maximum Gasteiger partial charge on any atom is 0.188 e. The quantitative estimate of drug-likeness (QED) is 0.745. The molecule has 126 valence electrons. The summed E-state index contributed by atoms with van der Waals surface area (Å²) in [7, 11) is 2.76. The smallest absolute Gasteiger partial charge is 0.188 e. The van der Waals surface area contributed by atoms with Gasteiger partial charge in [0.05, 0.1) is 11.3 Å². The number of hydrogen-bond acceptors (Lipinski definition) is 3. The Labute approximate surface area is 147 Å². The van der Waals surface area contributed by atoms with E-state index in [0.717, 1.165) is 29.9 Å². The third-order valence-electron chi connectivity index (χ3n) is 4.30. The average molecular weight is 336 g/mol. The van der Waals surface area contributed by atoms with Gasteiger partial charge in [-0.05, 0) is 49.9 Å². The van der Waals surface area contributed by atoms with E-state index in [4.69, 9.17) is 9.15 Å². The lowest BCUT2D eigenvalue weighted by atomic mass is 9.78. The number of imidazole rings is 1. The van der Waals surface area contributed by atoms with Crippen molar-refractivity contribution in [3.05, 3.63) is 47.8 Å². The number of furan rings is 1. The Bertz CT molecular complexity index is 875. The topological polar surface area (TPSA) is 51.0 Å². The molecule has 4 nitrogen and oxygen atoms in total. The van der Waals surface area contributed by atoms with Crippen LogP contribution in [0.2, 0.25) is 0 Å². The van der Waals surface area contributed by atoms with E-state index >= 15 is 0 Å². The Hall–Kier alpha value is -2.43. The molecule has 2 heterocycles. The van der Waals surface area contributed by atoms with Crippen LogP contribution in [0.3, 0.4) is 0 Å². The largest absolute Gasteiger partial charge is 0.474 e. The molecule has 0 saturated heterocycles. The fourth-order valence-corrected chi connectivity index (χ4v) is 3.20. The summed E-state index contributed by atoms with van der Waals surface area (Å²) in [6, 6.07) is 11.0. The number of aromatic amines is 1. The highest BCUT2D eigenvalue weighted by Gasteiger charge is 2.21. The van der Waals surface area contributed by atoms with Gasteiger partial charge in [0.1, 0.15) is 11.5 Å². The van der Waals surface area contributed by atoms with E-state index in [-0.39, 0.29) is 0 Å². The highest BCUT2D eigenvalue weighted by Crippen LogP contribution is 2.35. The third kappa shape index (κ3) is 3.36. The Morgan fingerprint density at radius 2 is 1.84 bits per heavy atom. The van der Waals surface area contributed by atoms with Crippen molar-refractivity contribution >= 4 is 15.7 Å². The van der Waals surface area contributed by atoms with Crippen molar-refractivity contribution in [1.29, 1.82) is 0 Å². The molecule has 1 aliphatic carbocycles.